The van der Waals surface area contributed by atoms with Gasteiger partial charge in [-0.3, -0.25) is 0 Å². The minimum absolute atomic E-state index is 0.0630. The van der Waals surface area contributed by atoms with Crippen LogP contribution in [-0.4, -0.2) is 20.2 Å². The first-order valence-corrected chi connectivity index (χ1v) is 6.11. The van der Waals surface area contributed by atoms with Crippen molar-refractivity contribution in [3.8, 4) is 5.69 Å². The molecule has 0 atom stereocenters. The third kappa shape index (κ3) is 2.23. The van der Waals surface area contributed by atoms with Crippen LogP contribution in [0.5, 0.6) is 0 Å². The van der Waals surface area contributed by atoms with Gasteiger partial charge in [-0.05, 0) is 57.3 Å². The molecule has 1 aromatic heterocycles. The number of rotatable bonds is 1. The Morgan fingerprint density at radius 3 is 2.31 bits per heavy atom. The Labute approximate surface area is 108 Å². The maximum absolute atomic E-state index is 4.09. The van der Waals surface area contributed by atoms with E-state index in [1.807, 2.05) is 24.3 Å². The third-order valence-corrected chi connectivity index (χ3v) is 2.93. The summed E-state index contributed by atoms with van der Waals surface area (Å²) in [7, 11) is 0. The summed E-state index contributed by atoms with van der Waals surface area (Å²) in [4.78, 5) is 0. The van der Waals surface area contributed by atoms with E-state index in [1.165, 1.54) is 3.57 Å². The summed E-state index contributed by atoms with van der Waals surface area (Å²) in [5, 5.41) is 11.9. The smallest absolute Gasteiger partial charge is 0.162 e. The van der Waals surface area contributed by atoms with E-state index < -0.39 is 0 Å². The maximum atomic E-state index is 4.09. The SMILES string of the molecule is CC(C)(C)c1nnnn1-c1ccc(I)cc1. The zero-order valence-electron chi connectivity index (χ0n) is 9.48. The summed E-state index contributed by atoms with van der Waals surface area (Å²) in [6, 6.07) is 8.13. The average molecular weight is 328 g/mol. The molecule has 16 heavy (non-hydrogen) atoms. The lowest BCUT2D eigenvalue weighted by atomic mass is 9.96. The zero-order valence-corrected chi connectivity index (χ0v) is 11.6. The molecule has 0 aliphatic heterocycles. The lowest BCUT2D eigenvalue weighted by Gasteiger charge is -2.16. The molecule has 2 rings (SSSR count). The van der Waals surface area contributed by atoms with Crippen LogP contribution in [0.15, 0.2) is 24.3 Å². The van der Waals surface area contributed by atoms with Crippen molar-refractivity contribution in [2.45, 2.75) is 26.2 Å². The highest BCUT2D eigenvalue weighted by atomic mass is 127. The van der Waals surface area contributed by atoms with Crippen molar-refractivity contribution in [1.29, 1.82) is 0 Å². The second-order valence-corrected chi connectivity index (χ2v) is 5.89. The fraction of sp³-hybridized carbons (Fsp3) is 0.364. The molecule has 84 valence electrons. The second kappa shape index (κ2) is 4.12. The van der Waals surface area contributed by atoms with Gasteiger partial charge in [0.2, 0.25) is 0 Å². The molecular weight excluding hydrogens is 315 g/mol. The summed E-state index contributed by atoms with van der Waals surface area (Å²) >= 11 is 2.28. The molecule has 0 fully saturated rings. The first kappa shape index (κ1) is 11.5. The van der Waals surface area contributed by atoms with E-state index in [0.717, 1.165) is 11.5 Å². The highest BCUT2D eigenvalue weighted by Crippen LogP contribution is 2.21. The number of tetrazole rings is 1. The van der Waals surface area contributed by atoms with Crippen molar-refractivity contribution in [2.75, 3.05) is 0 Å². The van der Waals surface area contributed by atoms with Crippen LogP contribution in [0.4, 0.5) is 0 Å². The van der Waals surface area contributed by atoms with E-state index in [1.54, 1.807) is 4.68 Å². The molecule has 0 N–H and O–H groups in total. The van der Waals surface area contributed by atoms with Crippen LogP contribution in [0.25, 0.3) is 5.69 Å². The lowest BCUT2D eigenvalue weighted by Crippen LogP contribution is -2.18. The Morgan fingerprint density at radius 2 is 1.75 bits per heavy atom. The minimum Gasteiger partial charge on any atom is -0.197 e. The van der Waals surface area contributed by atoms with Gasteiger partial charge in [0.15, 0.2) is 5.82 Å². The van der Waals surface area contributed by atoms with Gasteiger partial charge < -0.3 is 0 Å². The van der Waals surface area contributed by atoms with E-state index in [4.69, 9.17) is 0 Å². The molecule has 0 unspecified atom stereocenters. The fourth-order valence-electron chi connectivity index (χ4n) is 1.41. The highest BCUT2D eigenvalue weighted by molar-refractivity contribution is 14.1. The van der Waals surface area contributed by atoms with Crippen LogP contribution >= 0.6 is 22.6 Å². The van der Waals surface area contributed by atoms with Crippen LogP contribution in [0.3, 0.4) is 0 Å². The van der Waals surface area contributed by atoms with Gasteiger partial charge in [0, 0.05) is 8.99 Å². The van der Waals surface area contributed by atoms with Gasteiger partial charge in [-0.15, -0.1) is 5.10 Å². The van der Waals surface area contributed by atoms with E-state index in [9.17, 15) is 0 Å². The molecular formula is C11H13IN4. The minimum atomic E-state index is -0.0630. The summed E-state index contributed by atoms with van der Waals surface area (Å²) < 4.78 is 2.99. The van der Waals surface area contributed by atoms with Crippen LogP contribution < -0.4 is 0 Å². The number of aromatic nitrogens is 4. The van der Waals surface area contributed by atoms with Gasteiger partial charge in [-0.1, -0.05) is 20.8 Å². The Balaban J connectivity index is 2.49. The molecule has 2 aromatic rings. The van der Waals surface area contributed by atoms with E-state index in [0.29, 0.717) is 0 Å². The Bertz CT molecular complexity index is 481. The average Bonchev–Trinajstić information content (AvgIpc) is 2.66. The molecule has 0 amide bonds. The van der Waals surface area contributed by atoms with E-state index in [2.05, 4.69) is 58.9 Å². The number of hydrogen-bond donors (Lipinski definition) is 0. The molecule has 1 heterocycles. The Hall–Kier alpha value is -0.980. The Kier molecular flexibility index (Phi) is 2.96. The number of hydrogen-bond acceptors (Lipinski definition) is 3. The Morgan fingerprint density at radius 1 is 1.12 bits per heavy atom. The van der Waals surface area contributed by atoms with Crippen LogP contribution in [0, 0.1) is 3.57 Å². The number of benzene rings is 1. The molecule has 5 heteroatoms. The van der Waals surface area contributed by atoms with Crippen LogP contribution in [0.2, 0.25) is 0 Å². The van der Waals surface area contributed by atoms with E-state index >= 15 is 0 Å². The summed E-state index contributed by atoms with van der Waals surface area (Å²) in [6.45, 7) is 6.30. The van der Waals surface area contributed by atoms with E-state index in [-0.39, 0.29) is 5.41 Å². The van der Waals surface area contributed by atoms with Crippen molar-refractivity contribution < 1.29 is 0 Å². The molecule has 0 aliphatic rings. The van der Waals surface area contributed by atoms with Gasteiger partial charge in [0.05, 0.1) is 5.69 Å². The molecule has 4 nitrogen and oxygen atoms in total. The molecule has 0 radical (unpaired) electrons. The standard InChI is InChI=1S/C11H13IN4/c1-11(2,3)10-13-14-15-16(10)9-6-4-8(12)5-7-9/h4-7H,1-3H3. The van der Waals surface area contributed by atoms with Gasteiger partial charge in [0.25, 0.3) is 0 Å². The van der Waals surface area contributed by atoms with Crippen LogP contribution in [0.1, 0.15) is 26.6 Å². The van der Waals surface area contributed by atoms with Crippen molar-refractivity contribution in [1.82, 2.24) is 20.2 Å². The first-order chi connectivity index (χ1) is 7.48. The predicted octanol–water partition coefficient (Wildman–Crippen LogP) is 2.56. The van der Waals surface area contributed by atoms with Gasteiger partial charge >= 0.3 is 0 Å². The lowest BCUT2D eigenvalue weighted by molar-refractivity contribution is 0.526. The predicted molar refractivity (Wildman–Crippen MR) is 70.6 cm³/mol. The highest BCUT2D eigenvalue weighted by Gasteiger charge is 2.22. The van der Waals surface area contributed by atoms with Crippen LogP contribution in [-0.2, 0) is 5.41 Å². The normalized spacial score (nSPS) is 11.8. The molecule has 0 saturated carbocycles. The molecule has 0 saturated heterocycles. The molecule has 0 spiro atoms. The van der Waals surface area contributed by atoms with Gasteiger partial charge in [-0.25, -0.2) is 0 Å². The number of halogens is 1. The first-order valence-electron chi connectivity index (χ1n) is 5.03. The summed E-state index contributed by atoms with van der Waals surface area (Å²) in [6.07, 6.45) is 0. The van der Waals surface area contributed by atoms with Gasteiger partial charge in [0.1, 0.15) is 0 Å². The topological polar surface area (TPSA) is 43.6 Å². The zero-order chi connectivity index (χ0) is 11.8. The quantitative estimate of drug-likeness (QED) is 0.756. The summed E-state index contributed by atoms with van der Waals surface area (Å²) in [5.41, 5.74) is 0.933. The number of nitrogens with zero attached hydrogens (tertiary/aromatic N) is 4. The molecule has 0 aliphatic carbocycles. The third-order valence-electron chi connectivity index (χ3n) is 2.21. The van der Waals surface area contributed by atoms with Gasteiger partial charge in [-0.2, -0.15) is 4.68 Å². The van der Waals surface area contributed by atoms with Crippen molar-refractivity contribution >= 4 is 22.6 Å². The largest absolute Gasteiger partial charge is 0.197 e. The molecule has 0 bridgehead atoms. The monoisotopic (exact) mass is 328 g/mol. The summed E-state index contributed by atoms with van der Waals surface area (Å²) in [5.74, 6) is 0.869. The maximum Gasteiger partial charge on any atom is 0.162 e. The second-order valence-electron chi connectivity index (χ2n) is 4.64. The van der Waals surface area contributed by atoms with Crippen molar-refractivity contribution in [3.63, 3.8) is 0 Å². The van der Waals surface area contributed by atoms with Crippen molar-refractivity contribution in [3.05, 3.63) is 33.7 Å². The fourth-order valence-corrected chi connectivity index (χ4v) is 1.77. The molecule has 1 aromatic carbocycles. The van der Waals surface area contributed by atoms with Crippen molar-refractivity contribution in [2.24, 2.45) is 0 Å².